The van der Waals surface area contributed by atoms with Crippen molar-refractivity contribution < 1.29 is 5.11 Å². The van der Waals surface area contributed by atoms with E-state index in [1.165, 1.54) is 0 Å². The van der Waals surface area contributed by atoms with Gasteiger partial charge in [0.2, 0.25) is 0 Å². The summed E-state index contributed by atoms with van der Waals surface area (Å²) in [6, 6.07) is 4.82. The smallest absolute Gasteiger partial charge is 0.129 e. The zero-order valence-electron chi connectivity index (χ0n) is 8.31. The van der Waals surface area contributed by atoms with Crippen molar-refractivity contribution >= 4 is 11.6 Å². The second-order valence-electron chi connectivity index (χ2n) is 3.65. The van der Waals surface area contributed by atoms with Gasteiger partial charge in [-0.1, -0.05) is 31.5 Å². The van der Waals surface area contributed by atoms with Gasteiger partial charge >= 0.3 is 0 Å². The van der Waals surface area contributed by atoms with Crippen LogP contribution in [0.2, 0.25) is 5.15 Å². The standard InChI is InChI=1S/C10H15ClN2O/c1-6(2)9(12)10(14)7-4-3-5-8(11)13-7/h3-6,9-10,14H,12H2,1-2H3. The number of nitrogens with zero attached hydrogens (tertiary/aromatic N) is 1. The highest BCUT2D eigenvalue weighted by Gasteiger charge is 2.20. The van der Waals surface area contributed by atoms with Crippen molar-refractivity contribution in [3.05, 3.63) is 29.0 Å². The summed E-state index contributed by atoms with van der Waals surface area (Å²) in [5.41, 5.74) is 6.34. The molecule has 0 amide bonds. The molecule has 0 aliphatic rings. The van der Waals surface area contributed by atoms with Crippen LogP contribution in [0.25, 0.3) is 0 Å². The third kappa shape index (κ3) is 2.67. The summed E-state index contributed by atoms with van der Waals surface area (Å²) >= 11 is 5.71. The van der Waals surface area contributed by atoms with Crippen molar-refractivity contribution in [2.24, 2.45) is 11.7 Å². The number of pyridine rings is 1. The predicted molar refractivity (Wildman–Crippen MR) is 57.0 cm³/mol. The summed E-state index contributed by atoms with van der Waals surface area (Å²) < 4.78 is 0. The van der Waals surface area contributed by atoms with Crippen LogP contribution >= 0.6 is 11.6 Å². The van der Waals surface area contributed by atoms with Gasteiger partial charge in [0.25, 0.3) is 0 Å². The fourth-order valence-corrected chi connectivity index (χ4v) is 1.32. The van der Waals surface area contributed by atoms with Crippen LogP contribution in [0.15, 0.2) is 18.2 Å². The van der Waals surface area contributed by atoms with E-state index in [-0.39, 0.29) is 12.0 Å². The lowest BCUT2D eigenvalue weighted by Gasteiger charge is -2.21. The molecule has 3 N–H and O–H groups in total. The van der Waals surface area contributed by atoms with E-state index in [0.717, 1.165) is 0 Å². The molecule has 2 atom stereocenters. The van der Waals surface area contributed by atoms with Gasteiger partial charge in [-0.15, -0.1) is 0 Å². The van der Waals surface area contributed by atoms with E-state index in [2.05, 4.69) is 4.98 Å². The predicted octanol–water partition coefficient (Wildman–Crippen LogP) is 1.75. The average Bonchev–Trinajstić information content (AvgIpc) is 2.15. The molecule has 0 spiro atoms. The molecule has 0 saturated carbocycles. The first kappa shape index (κ1) is 11.4. The Bertz CT molecular complexity index is 304. The molecule has 0 aliphatic carbocycles. The highest BCUT2D eigenvalue weighted by Crippen LogP contribution is 2.19. The Balaban J connectivity index is 2.83. The van der Waals surface area contributed by atoms with Gasteiger partial charge < -0.3 is 10.8 Å². The van der Waals surface area contributed by atoms with Crippen molar-refractivity contribution in [3.63, 3.8) is 0 Å². The number of aromatic nitrogens is 1. The Morgan fingerprint density at radius 3 is 2.57 bits per heavy atom. The Morgan fingerprint density at radius 1 is 1.43 bits per heavy atom. The monoisotopic (exact) mass is 214 g/mol. The van der Waals surface area contributed by atoms with E-state index in [9.17, 15) is 5.11 Å². The first-order valence-electron chi connectivity index (χ1n) is 4.58. The summed E-state index contributed by atoms with van der Waals surface area (Å²) in [5, 5.41) is 10.2. The summed E-state index contributed by atoms with van der Waals surface area (Å²) in [6.07, 6.45) is -0.756. The highest BCUT2D eigenvalue weighted by atomic mass is 35.5. The van der Waals surface area contributed by atoms with Gasteiger partial charge in [0.05, 0.1) is 5.69 Å². The lowest BCUT2D eigenvalue weighted by Crippen LogP contribution is -2.33. The van der Waals surface area contributed by atoms with Gasteiger partial charge in [0, 0.05) is 6.04 Å². The first-order chi connectivity index (χ1) is 6.52. The van der Waals surface area contributed by atoms with E-state index in [1.54, 1.807) is 18.2 Å². The van der Waals surface area contributed by atoms with E-state index in [1.807, 2.05) is 13.8 Å². The Morgan fingerprint density at radius 2 is 2.07 bits per heavy atom. The molecule has 1 aromatic rings. The molecule has 78 valence electrons. The SMILES string of the molecule is CC(C)C(N)C(O)c1cccc(Cl)n1. The lowest BCUT2D eigenvalue weighted by atomic mass is 9.97. The summed E-state index contributed by atoms with van der Waals surface area (Å²) in [4.78, 5) is 4.01. The van der Waals surface area contributed by atoms with Crippen LogP contribution in [0.5, 0.6) is 0 Å². The van der Waals surface area contributed by atoms with Crippen LogP contribution in [-0.4, -0.2) is 16.1 Å². The molecule has 0 bridgehead atoms. The summed E-state index contributed by atoms with van der Waals surface area (Å²) in [7, 11) is 0. The number of hydrogen-bond donors (Lipinski definition) is 2. The maximum atomic E-state index is 9.84. The molecule has 0 fully saturated rings. The fourth-order valence-electron chi connectivity index (χ4n) is 1.15. The Hall–Kier alpha value is -0.640. The minimum absolute atomic E-state index is 0.200. The van der Waals surface area contributed by atoms with E-state index >= 15 is 0 Å². The molecule has 0 radical (unpaired) electrons. The maximum absolute atomic E-state index is 9.84. The lowest BCUT2D eigenvalue weighted by molar-refractivity contribution is 0.121. The molecular weight excluding hydrogens is 200 g/mol. The average molecular weight is 215 g/mol. The van der Waals surface area contributed by atoms with E-state index in [4.69, 9.17) is 17.3 Å². The number of nitrogens with two attached hydrogens (primary N) is 1. The third-order valence-electron chi connectivity index (χ3n) is 2.17. The highest BCUT2D eigenvalue weighted by molar-refractivity contribution is 6.29. The van der Waals surface area contributed by atoms with Crippen LogP contribution in [0, 0.1) is 5.92 Å². The molecule has 0 saturated heterocycles. The number of rotatable bonds is 3. The largest absolute Gasteiger partial charge is 0.385 e. The van der Waals surface area contributed by atoms with E-state index < -0.39 is 6.10 Å². The van der Waals surface area contributed by atoms with Crippen molar-refractivity contribution in [2.45, 2.75) is 26.0 Å². The van der Waals surface area contributed by atoms with Gasteiger partial charge in [-0.2, -0.15) is 0 Å². The second kappa shape index (κ2) is 4.73. The van der Waals surface area contributed by atoms with Crippen molar-refractivity contribution in [3.8, 4) is 0 Å². The molecule has 1 rings (SSSR count). The molecule has 4 heteroatoms. The van der Waals surface area contributed by atoms with E-state index in [0.29, 0.717) is 10.8 Å². The number of halogens is 1. The Labute approximate surface area is 88.9 Å². The topological polar surface area (TPSA) is 59.1 Å². The van der Waals surface area contributed by atoms with Crippen LogP contribution in [0.3, 0.4) is 0 Å². The maximum Gasteiger partial charge on any atom is 0.129 e. The fraction of sp³-hybridized carbons (Fsp3) is 0.500. The molecule has 0 aliphatic heterocycles. The van der Waals surface area contributed by atoms with Gasteiger partial charge in [-0.25, -0.2) is 4.98 Å². The summed E-state index contributed by atoms with van der Waals surface area (Å²) in [5.74, 6) is 0.200. The van der Waals surface area contributed by atoms with Crippen LogP contribution in [0.4, 0.5) is 0 Å². The quantitative estimate of drug-likeness (QED) is 0.754. The van der Waals surface area contributed by atoms with Gasteiger partial charge in [0.1, 0.15) is 11.3 Å². The Kier molecular flexibility index (Phi) is 3.86. The van der Waals surface area contributed by atoms with Gasteiger partial charge in [-0.3, -0.25) is 0 Å². The molecule has 3 nitrogen and oxygen atoms in total. The van der Waals surface area contributed by atoms with Crippen molar-refractivity contribution in [1.82, 2.24) is 4.98 Å². The number of aliphatic hydroxyl groups excluding tert-OH is 1. The van der Waals surface area contributed by atoms with Gasteiger partial charge in [0.15, 0.2) is 0 Å². The zero-order chi connectivity index (χ0) is 10.7. The first-order valence-corrected chi connectivity index (χ1v) is 4.96. The zero-order valence-corrected chi connectivity index (χ0v) is 9.07. The van der Waals surface area contributed by atoms with Crippen LogP contribution in [0.1, 0.15) is 25.6 Å². The summed E-state index contributed by atoms with van der Waals surface area (Å²) in [6.45, 7) is 3.91. The van der Waals surface area contributed by atoms with Crippen molar-refractivity contribution in [2.75, 3.05) is 0 Å². The molecule has 2 unspecified atom stereocenters. The normalized spacial score (nSPS) is 15.6. The molecular formula is C10H15ClN2O. The number of aliphatic hydroxyl groups is 1. The van der Waals surface area contributed by atoms with Crippen LogP contribution in [-0.2, 0) is 0 Å². The number of hydrogen-bond acceptors (Lipinski definition) is 3. The molecule has 1 aromatic heterocycles. The van der Waals surface area contributed by atoms with Crippen molar-refractivity contribution in [1.29, 1.82) is 0 Å². The second-order valence-corrected chi connectivity index (χ2v) is 4.04. The van der Waals surface area contributed by atoms with Crippen LogP contribution < -0.4 is 5.73 Å². The van der Waals surface area contributed by atoms with Gasteiger partial charge in [-0.05, 0) is 18.1 Å². The molecule has 1 heterocycles. The molecule has 0 aromatic carbocycles. The minimum Gasteiger partial charge on any atom is -0.385 e. The molecule has 14 heavy (non-hydrogen) atoms. The third-order valence-corrected chi connectivity index (χ3v) is 2.38. The minimum atomic E-state index is -0.756.